The minimum Gasteiger partial charge on any atom is -0.394 e. The van der Waals surface area contributed by atoms with Gasteiger partial charge < -0.3 is 10.4 Å². The van der Waals surface area contributed by atoms with E-state index in [0.29, 0.717) is 10.9 Å². The topological polar surface area (TPSA) is 84.2 Å². The highest BCUT2D eigenvalue weighted by Crippen LogP contribution is 2.05. The van der Waals surface area contributed by atoms with Crippen LogP contribution in [0.25, 0.3) is 10.9 Å². The van der Waals surface area contributed by atoms with E-state index in [-0.39, 0.29) is 31.0 Å². The Balaban J connectivity index is 2.09. The number of hydrogen-bond donors (Lipinski definition) is 2. The second-order valence-corrected chi connectivity index (χ2v) is 5.60. The number of aliphatic hydroxyl groups is 1. The van der Waals surface area contributed by atoms with Crippen molar-refractivity contribution >= 4 is 16.8 Å². The SMILES string of the molecule is CC(C)(CO)NC(=O)CCn1cnc2ccccc2c1=O. The van der Waals surface area contributed by atoms with Gasteiger partial charge in [-0.05, 0) is 26.0 Å². The Hall–Kier alpha value is -2.21. The largest absolute Gasteiger partial charge is 0.394 e. The third kappa shape index (κ3) is 3.66. The summed E-state index contributed by atoms with van der Waals surface area (Å²) in [5.74, 6) is -0.214. The van der Waals surface area contributed by atoms with Crippen LogP contribution in [0, 0.1) is 0 Å². The van der Waals surface area contributed by atoms with Gasteiger partial charge in [0.1, 0.15) is 0 Å². The molecular weight excluding hydrogens is 270 g/mol. The maximum absolute atomic E-state index is 12.2. The Morgan fingerprint density at radius 1 is 1.38 bits per heavy atom. The van der Waals surface area contributed by atoms with E-state index in [9.17, 15) is 9.59 Å². The standard InChI is InChI=1S/C15H19N3O3/c1-15(2,9-19)17-13(20)7-8-18-10-16-12-6-4-3-5-11(12)14(18)21/h3-6,10,19H,7-9H2,1-2H3,(H,17,20). The molecule has 1 aromatic carbocycles. The lowest BCUT2D eigenvalue weighted by Crippen LogP contribution is -2.46. The molecule has 0 saturated carbocycles. The Kier molecular flexibility index (Phi) is 4.37. The third-order valence-corrected chi connectivity index (χ3v) is 3.18. The van der Waals surface area contributed by atoms with Crippen molar-refractivity contribution in [3.63, 3.8) is 0 Å². The fourth-order valence-electron chi connectivity index (χ4n) is 1.97. The quantitative estimate of drug-likeness (QED) is 0.847. The van der Waals surface area contributed by atoms with E-state index < -0.39 is 5.54 Å². The molecule has 0 saturated heterocycles. The number of benzene rings is 1. The highest BCUT2D eigenvalue weighted by Gasteiger charge is 2.18. The molecule has 112 valence electrons. The number of nitrogens with zero attached hydrogens (tertiary/aromatic N) is 2. The van der Waals surface area contributed by atoms with Crippen molar-refractivity contribution in [2.75, 3.05) is 6.61 Å². The number of hydrogen-bond acceptors (Lipinski definition) is 4. The van der Waals surface area contributed by atoms with Gasteiger partial charge in [-0.25, -0.2) is 4.98 Å². The van der Waals surface area contributed by atoms with Crippen LogP contribution < -0.4 is 10.9 Å². The van der Waals surface area contributed by atoms with E-state index in [4.69, 9.17) is 5.11 Å². The molecule has 1 amide bonds. The van der Waals surface area contributed by atoms with Crippen molar-refractivity contribution < 1.29 is 9.90 Å². The zero-order chi connectivity index (χ0) is 15.5. The fourth-order valence-corrected chi connectivity index (χ4v) is 1.97. The lowest BCUT2D eigenvalue weighted by atomic mass is 10.1. The summed E-state index contributed by atoms with van der Waals surface area (Å²) in [5, 5.41) is 12.4. The highest BCUT2D eigenvalue weighted by atomic mass is 16.3. The van der Waals surface area contributed by atoms with Crippen molar-refractivity contribution in [2.24, 2.45) is 0 Å². The summed E-state index contributed by atoms with van der Waals surface area (Å²) in [6.45, 7) is 3.57. The van der Waals surface area contributed by atoms with Crippen LogP contribution in [0.2, 0.25) is 0 Å². The molecule has 0 bridgehead atoms. The smallest absolute Gasteiger partial charge is 0.261 e. The lowest BCUT2D eigenvalue weighted by molar-refractivity contribution is -0.123. The molecule has 2 rings (SSSR count). The minimum atomic E-state index is -0.663. The third-order valence-electron chi connectivity index (χ3n) is 3.18. The van der Waals surface area contributed by atoms with Gasteiger partial charge in [-0.2, -0.15) is 0 Å². The number of carbonyl (C=O) groups excluding carboxylic acids is 1. The zero-order valence-corrected chi connectivity index (χ0v) is 12.2. The summed E-state index contributed by atoms with van der Waals surface area (Å²) in [6, 6.07) is 7.10. The first kappa shape index (κ1) is 15.2. The number of fused-ring (bicyclic) bond motifs is 1. The van der Waals surface area contributed by atoms with E-state index in [2.05, 4.69) is 10.3 Å². The van der Waals surface area contributed by atoms with Gasteiger partial charge in [0.2, 0.25) is 5.91 Å². The van der Waals surface area contributed by atoms with Crippen LogP contribution >= 0.6 is 0 Å². The molecule has 6 nitrogen and oxygen atoms in total. The van der Waals surface area contributed by atoms with E-state index in [1.54, 1.807) is 32.0 Å². The monoisotopic (exact) mass is 289 g/mol. The van der Waals surface area contributed by atoms with Crippen LogP contribution in [0.3, 0.4) is 0 Å². The molecular formula is C15H19N3O3. The van der Waals surface area contributed by atoms with Crippen molar-refractivity contribution in [1.29, 1.82) is 0 Å². The molecule has 21 heavy (non-hydrogen) atoms. The average Bonchev–Trinajstić information content (AvgIpc) is 2.46. The summed E-state index contributed by atoms with van der Waals surface area (Å²) >= 11 is 0. The number of nitrogens with one attached hydrogen (secondary N) is 1. The average molecular weight is 289 g/mol. The molecule has 0 unspecified atom stereocenters. The van der Waals surface area contributed by atoms with Gasteiger partial charge in [0.05, 0.1) is 29.4 Å². The second kappa shape index (κ2) is 6.05. The van der Waals surface area contributed by atoms with Crippen molar-refractivity contribution in [2.45, 2.75) is 32.4 Å². The first-order chi connectivity index (χ1) is 9.93. The van der Waals surface area contributed by atoms with Crippen LogP contribution in [0.4, 0.5) is 0 Å². The maximum Gasteiger partial charge on any atom is 0.261 e. The first-order valence-electron chi connectivity index (χ1n) is 6.79. The molecule has 6 heteroatoms. The van der Waals surface area contributed by atoms with Crippen molar-refractivity contribution in [3.8, 4) is 0 Å². The fraction of sp³-hybridized carbons (Fsp3) is 0.400. The van der Waals surface area contributed by atoms with Crippen LogP contribution in [0.15, 0.2) is 35.4 Å². The van der Waals surface area contributed by atoms with Crippen LogP contribution in [-0.4, -0.2) is 32.7 Å². The highest BCUT2D eigenvalue weighted by molar-refractivity contribution is 5.77. The maximum atomic E-state index is 12.2. The molecule has 0 atom stereocenters. The zero-order valence-electron chi connectivity index (χ0n) is 12.2. The van der Waals surface area contributed by atoms with E-state index in [1.807, 2.05) is 6.07 Å². The number of para-hydroxylation sites is 1. The summed E-state index contributed by atoms with van der Waals surface area (Å²) in [6.07, 6.45) is 1.61. The molecule has 2 N–H and O–H groups in total. The van der Waals surface area contributed by atoms with Gasteiger partial charge in [-0.15, -0.1) is 0 Å². The summed E-state index contributed by atoms with van der Waals surface area (Å²) < 4.78 is 1.42. The molecule has 0 radical (unpaired) electrons. The van der Waals surface area contributed by atoms with Crippen molar-refractivity contribution in [1.82, 2.24) is 14.9 Å². The molecule has 0 aliphatic heterocycles. The number of aliphatic hydroxyl groups excluding tert-OH is 1. The van der Waals surface area contributed by atoms with Gasteiger partial charge in [0.15, 0.2) is 0 Å². The van der Waals surface area contributed by atoms with Gasteiger partial charge in [-0.1, -0.05) is 12.1 Å². The van der Waals surface area contributed by atoms with Gasteiger partial charge in [0.25, 0.3) is 5.56 Å². The second-order valence-electron chi connectivity index (χ2n) is 5.60. The Labute approximate surface area is 122 Å². The Morgan fingerprint density at radius 2 is 2.10 bits per heavy atom. The lowest BCUT2D eigenvalue weighted by Gasteiger charge is -2.23. The molecule has 0 aliphatic carbocycles. The molecule has 0 spiro atoms. The molecule has 1 aromatic heterocycles. The van der Waals surface area contributed by atoms with E-state index in [1.165, 1.54) is 10.9 Å². The molecule has 1 heterocycles. The molecule has 2 aromatic rings. The molecule has 0 aliphatic rings. The predicted molar refractivity (Wildman–Crippen MR) is 79.9 cm³/mol. The summed E-state index contributed by atoms with van der Waals surface area (Å²) in [7, 11) is 0. The van der Waals surface area contributed by atoms with Crippen molar-refractivity contribution in [3.05, 3.63) is 40.9 Å². The van der Waals surface area contributed by atoms with Gasteiger partial charge >= 0.3 is 0 Å². The number of aromatic nitrogens is 2. The summed E-state index contributed by atoms with van der Waals surface area (Å²) in [4.78, 5) is 28.2. The first-order valence-corrected chi connectivity index (χ1v) is 6.79. The minimum absolute atomic E-state index is 0.143. The number of aryl methyl sites for hydroxylation is 1. The number of amides is 1. The number of carbonyl (C=O) groups is 1. The Morgan fingerprint density at radius 3 is 2.81 bits per heavy atom. The van der Waals surface area contributed by atoms with Gasteiger partial charge in [0, 0.05) is 13.0 Å². The normalized spacial score (nSPS) is 11.6. The Bertz CT molecular complexity index is 707. The van der Waals surface area contributed by atoms with E-state index in [0.717, 1.165) is 0 Å². The summed E-state index contributed by atoms with van der Waals surface area (Å²) in [5.41, 5.74) is -0.177. The number of rotatable bonds is 5. The molecule has 0 fully saturated rings. The van der Waals surface area contributed by atoms with Crippen LogP contribution in [0.1, 0.15) is 20.3 Å². The van der Waals surface area contributed by atoms with Crippen LogP contribution in [-0.2, 0) is 11.3 Å². The van der Waals surface area contributed by atoms with Gasteiger partial charge in [-0.3, -0.25) is 14.2 Å². The van der Waals surface area contributed by atoms with Crippen LogP contribution in [0.5, 0.6) is 0 Å². The van der Waals surface area contributed by atoms with E-state index >= 15 is 0 Å². The predicted octanol–water partition coefficient (Wildman–Crippen LogP) is 0.674.